The van der Waals surface area contributed by atoms with Crippen LogP contribution in [0.25, 0.3) is 17.4 Å². The third-order valence-electron chi connectivity index (χ3n) is 5.87. The van der Waals surface area contributed by atoms with Crippen molar-refractivity contribution in [2.24, 2.45) is 4.99 Å². The zero-order chi connectivity index (χ0) is 26.3. The van der Waals surface area contributed by atoms with Gasteiger partial charge in [0, 0.05) is 23.8 Å². The molecule has 0 saturated carbocycles. The highest BCUT2D eigenvalue weighted by Gasteiger charge is 2.37. The third-order valence-corrected chi connectivity index (χ3v) is 6.85. The zero-order valence-electron chi connectivity index (χ0n) is 20.0. The number of non-ortho nitro benzene ring substituents is 1. The van der Waals surface area contributed by atoms with Crippen molar-refractivity contribution in [3.63, 3.8) is 0 Å². The van der Waals surface area contributed by atoms with Crippen LogP contribution in [0.1, 0.15) is 31.2 Å². The summed E-state index contributed by atoms with van der Waals surface area (Å²) in [6, 6.07) is 7.07. The number of allylic oxidation sites excluding steroid dienone is 2. The number of ether oxygens (including phenoxy) is 3. The van der Waals surface area contributed by atoms with Gasteiger partial charge < -0.3 is 18.6 Å². The number of aromatic nitrogens is 1. The second-order valence-corrected chi connectivity index (χ2v) is 9.22. The van der Waals surface area contributed by atoms with Gasteiger partial charge >= 0.3 is 5.97 Å². The number of nitro groups is 1. The Morgan fingerprint density at radius 3 is 2.81 bits per heavy atom. The first-order valence-corrected chi connectivity index (χ1v) is 12.1. The zero-order valence-corrected chi connectivity index (χ0v) is 20.9. The van der Waals surface area contributed by atoms with Crippen LogP contribution in [0.3, 0.4) is 0 Å². The largest absolute Gasteiger partial charge is 0.463 e. The molecule has 0 amide bonds. The number of nitrogens with zero attached hydrogens (tertiary/aromatic N) is 3. The summed E-state index contributed by atoms with van der Waals surface area (Å²) in [5.74, 6) is 0.634. The van der Waals surface area contributed by atoms with Crippen molar-refractivity contribution in [3.8, 4) is 11.3 Å². The molecule has 190 valence electrons. The number of nitro benzene ring substituents is 1. The van der Waals surface area contributed by atoms with Gasteiger partial charge in [-0.15, -0.1) is 0 Å². The van der Waals surface area contributed by atoms with E-state index in [9.17, 15) is 19.7 Å². The average molecular weight is 524 g/mol. The molecule has 3 aromatic rings. The number of hydrogen-bond acceptors (Lipinski definition) is 10. The molecule has 0 saturated heterocycles. The first-order chi connectivity index (χ1) is 17.8. The lowest BCUT2D eigenvalue weighted by atomic mass is 10.0. The summed E-state index contributed by atoms with van der Waals surface area (Å²) in [4.78, 5) is 41.8. The van der Waals surface area contributed by atoms with Crippen LogP contribution >= 0.6 is 11.3 Å². The summed E-state index contributed by atoms with van der Waals surface area (Å²) < 4.78 is 23.6. The van der Waals surface area contributed by atoms with Crippen molar-refractivity contribution >= 4 is 29.1 Å². The van der Waals surface area contributed by atoms with Gasteiger partial charge in [0.1, 0.15) is 23.8 Å². The second-order valence-electron chi connectivity index (χ2n) is 8.21. The summed E-state index contributed by atoms with van der Waals surface area (Å²) in [6.45, 7) is 5.27. The summed E-state index contributed by atoms with van der Waals surface area (Å²) in [6.07, 6.45) is 2.97. The van der Waals surface area contributed by atoms with Crippen LogP contribution in [-0.2, 0) is 19.0 Å². The van der Waals surface area contributed by atoms with Crippen LogP contribution in [0, 0.1) is 17.0 Å². The van der Waals surface area contributed by atoms with Crippen molar-refractivity contribution < 1.29 is 28.3 Å². The highest BCUT2D eigenvalue weighted by atomic mass is 32.1. The van der Waals surface area contributed by atoms with Gasteiger partial charge in [-0.05, 0) is 44.5 Å². The summed E-state index contributed by atoms with van der Waals surface area (Å²) >= 11 is 1.15. The van der Waals surface area contributed by atoms with Gasteiger partial charge in [0.05, 0.1) is 27.3 Å². The molecule has 2 aliphatic rings. The van der Waals surface area contributed by atoms with Crippen LogP contribution in [0.4, 0.5) is 5.69 Å². The van der Waals surface area contributed by atoms with Gasteiger partial charge in [-0.25, -0.2) is 9.79 Å². The fourth-order valence-electron chi connectivity index (χ4n) is 4.20. The number of esters is 1. The van der Waals surface area contributed by atoms with Gasteiger partial charge in [-0.2, -0.15) is 0 Å². The van der Waals surface area contributed by atoms with E-state index in [1.807, 2.05) is 0 Å². The molecule has 0 spiro atoms. The highest BCUT2D eigenvalue weighted by Crippen LogP contribution is 2.33. The number of benzene rings is 1. The number of hydrogen-bond donors (Lipinski definition) is 0. The maximum Gasteiger partial charge on any atom is 0.338 e. The number of carbonyl (C=O) groups is 1. The van der Waals surface area contributed by atoms with E-state index in [0.717, 1.165) is 11.3 Å². The SMILES string of the molecule is CCOC(=O)C1=C(C)N=c2s/c(=C\c3ccc(-c4ccc([N+](=O)[O-])cc4C)o3)c(=O)n2C1C1=COCO1. The molecule has 2 aliphatic heterocycles. The first-order valence-electron chi connectivity index (χ1n) is 11.3. The lowest BCUT2D eigenvalue weighted by Gasteiger charge is -2.23. The Morgan fingerprint density at radius 1 is 1.32 bits per heavy atom. The Kier molecular flexibility index (Phi) is 6.25. The van der Waals surface area contributed by atoms with E-state index < -0.39 is 16.9 Å². The minimum absolute atomic E-state index is 0.00654. The van der Waals surface area contributed by atoms with Crippen LogP contribution in [0.5, 0.6) is 0 Å². The molecule has 4 heterocycles. The van der Waals surface area contributed by atoms with Crippen LogP contribution < -0.4 is 14.9 Å². The third kappa shape index (κ3) is 4.35. The predicted molar refractivity (Wildman–Crippen MR) is 132 cm³/mol. The van der Waals surface area contributed by atoms with Gasteiger partial charge in [-0.1, -0.05) is 11.3 Å². The molecule has 0 bridgehead atoms. The van der Waals surface area contributed by atoms with E-state index >= 15 is 0 Å². The van der Waals surface area contributed by atoms with Gasteiger partial charge in [0.25, 0.3) is 11.2 Å². The molecule has 1 atom stereocenters. The van der Waals surface area contributed by atoms with E-state index in [0.29, 0.717) is 43.4 Å². The van der Waals surface area contributed by atoms with Crippen molar-refractivity contribution in [1.82, 2.24) is 4.57 Å². The number of fused-ring (bicyclic) bond motifs is 1. The van der Waals surface area contributed by atoms with Crippen molar-refractivity contribution in [2.45, 2.75) is 26.8 Å². The van der Waals surface area contributed by atoms with Gasteiger partial charge in [0.2, 0.25) is 6.79 Å². The lowest BCUT2D eigenvalue weighted by molar-refractivity contribution is -0.384. The normalized spacial score (nSPS) is 17.0. The number of rotatable bonds is 6. The molecule has 0 radical (unpaired) electrons. The molecule has 12 heteroatoms. The fraction of sp³-hybridized carbons (Fsp3) is 0.240. The van der Waals surface area contributed by atoms with E-state index in [4.69, 9.17) is 18.6 Å². The van der Waals surface area contributed by atoms with Crippen LogP contribution in [-0.4, -0.2) is 28.9 Å². The molecular weight excluding hydrogens is 502 g/mol. The number of carbonyl (C=O) groups excluding carboxylic acids is 1. The molecule has 0 aliphatic carbocycles. The predicted octanol–water partition coefficient (Wildman–Crippen LogP) is 3.07. The molecule has 1 aromatic carbocycles. The Bertz CT molecular complexity index is 1670. The van der Waals surface area contributed by atoms with E-state index in [-0.39, 0.29) is 30.2 Å². The highest BCUT2D eigenvalue weighted by molar-refractivity contribution is 7.07. The molecule has 1 unspecified atom stereocenters. The van der Waals surface area contributed by atoms with Crippen molar-refractivity contribution in [2.75, 3.05) is 13.4 Å². The average Bonchev–Trinajstić information content (AvgIpc) is 3.60. The topological polar surface area (TPSA) is 135 Å². The second kappa shape index (κ2) is 9.54. The first kappa shape index (κ1) is 24.3. The Labute approximate surface area is 213 Å². The standard InChI is InChI=1S/C25H21N3O8S/c1-4-34-24(30)21-14(3)26-25-27(22(21)19-11-33-12-35-19)23(29)20(37-25)10-16-6-8-18(36-16)17-7-5-15(28(31)32)9-13(17)2/h5-11,22H,4,12H2,1-3H3/b20-10-. The van der Waals surface area contributed by atoms with E-state index in [2.05, 4.69) is 4.99 Å². The quantitative estimate of drug-likeness (QED) is 0.273. The lowest BCUT2D eigenvalue weighted by Crippen LogP contribution is -2.40. The number of furan rings is 1. The van der Waals surface area contributed by atoms with Crippen LogP contribution in [0.15, 0.2) is 67.8 Å². The summed E-state index contributed by atoms with van der Waals surface area (Å²) in [5, 5.41) is 11.0. The van der Waals surface area contributed by atoms with Crippen molar-refractivity contribution in [3.05, 3.63) is 94.7 Å². The molecule has 0 N–H and O–H groups in total. The van der Waals surface area contributed by atoms with Gasteiger partial charge in [-0.3, -0.25) is 19.5 Å². The minimum atomic E-state index is -0.880. The molecular formula is C25H21N3O8S. The number of thiazole rings is 1. The molecule has 0 fully saturated rings. The Balaban J connectivity index is 1.57. The fourth-order valence-corrected chi connectivity index (χ4v) is 5.23. The Morgan fingerprint density at radius 2 is 2.14 bits per heavy atom. The van der Waals surface area contributed by atoms with E-state index in [1.54, 1.807) is 45.0 Å². The molecule has 37 heavy (non-hydrogen) atoms. The molecule has 11 nitrogen and oxygen atoms in total. The summed E-state index contributed by atoms with van der Waals surface area (Å²) in [5.41, 5.74) is 1.61. The smallest absolute Gasteiger partial charge is 0.338 e. The summed E-state index contributed by atoms with van der Waals surface area (Å²) in [7, 11) is 0. The molecule has 2 aromatic heterocycles. The van der Waals surface area contributed by atoms with Crippen LogP contribution in [0.2, 0.25) is 0 Å². The van der Waals surface area contributed by atoms with E-state index in [1.165, 1.54) is 23.0 Å². The Hall–Kier alpha value is -4.45. The minimum Gasteiger partial charge on any atom is -0.463 e. The maximum atomic E-state index is 13.5. The maximum absolute atomic E-state index is 13.5. The number of aryl methyl sites for hydroxylation is 1. The monoisotopic (exact) mass is 523 g/mol. The van der Waals surface area contributed by atoms with Gasteiger partial charge in [0.15, 0.2) is 10.6 Å². The van der Waals surface area contributed by atoms with Crippen molar-refractivity contribution in [1.29, 1.82) is 0 Å². The molecule has 5 rings (SSSR count).